The Bertz CT molecular complexity index is 502. The normalized spacial score (nSPS) is 24.2. The van der Waals surface area contributed by atoms with Gasteiger partial charge in [-0.3, -0.25) is 10.1 Å². The van der Waals surface area contributed by atoms with Gasteiger partial charge in [0.25, 0.3) is 0 Å². The van der Waals surface area contributed by atoms with Crippen LogP contribution in [0.3, 0.4) is 0 Å². The SMILES string of the molecule is COCCN1C(=O)C2(CC2)NC1c1cccc(F)c1. The van der Waals surface area contributed by atoms with Gasteiger partial charge in [-0.25, -0.2) is 4.39 Å². The molecule has 1 amide bonds. The maximum absolute atomic E-state index is 13.3. The van der Waals surface area contributed by atoms with E-state index in [1.54, 1.807) is 18.1 Å². The predicted molar refractivity (Wildman–Crippen MR) is 67.8 cm³/mol. The van der Waals surface area contributed by atoms with Crippen molar-refractivity contribution >= 4 is 5.91 Å². The number of nitrogens with zero attached hydrogens (tertiary/aromatic N) is 1. The van der Waals surface area contributed by atoms with Crippen molar-refractivity contribution in [3.63, 3.8) is 0 Å². The molecule has 0 radical (unpaired) electrons. The van der Waals surface area contributed by atoms with Gasteiger partial charge in [-0.15, -0.1) is 0 Å². The highest BCUT2D eigenvalue weighted by molar-refractivity contribution is 5.92. The smallest absolute Gasteiger partial charge is 0.244 e. The first kappa shape index (κ1) is 12.6. The summed E-state index contributed by atoms with van der Waals surface area (Å²) < 4.78 is 18.4. The van der Waals surface area contributed by atoms with Crippen LogP contribution < -0.4 is 5.32 Å². The van der Waals surface area contributed by atoms with E-state index in [2.05, 4.69) is 5.32 Å². The summed E-state index contributed by atoms with van der Waals surface area (Å²) in [6.45, 7) is 1.00. The zero-order chi connectivity index (χ0) is 13.5. The molecule has 102 valence electrons. The van der Waals surface area contributed by atoms with Crippen molar-refractivity contribution in [2.24, 2.45) is 0 Å². The Balaban J connectivity index is 1.87. The van der Waals surface area contributed by atoms with Crippen molar-refractivity contribution in [3.8, 4) is 0 Å². The third kappa shape index (κ3) is 2.13. The second-order valence-electron chi connectivity index (χ2n) is 5.18. The Morgan fingerprint density at radius 3 is 2.95 bits per heavy atom. The van der Waals surface area contributed by atoms with Crippen LogP contribution in [-0.2, 0) is 9.53 Å². The fraction of sp³-hybridized carbons (Fsp3) is 0.500. The van der Waals surface area contributed by atoms with Crippen LogP contribution in [-0.4, -0.2) is 36.6 Å². The van der Waals surface area contributed by atoms with E-state index in [0.717, 1.165) is 18.4 Å². The van der Waals surface area contributed by atoms with Crippen LogP contribution in [0.15, 0.2) is 24.3 Å². The van der Waals surface area contributed by atoms with Crippen molar-refractivity contribution in [1.82, 2.24) is 10.2 Å². The van der Waals surface area contributed by atoms with Crippen LogP contribution in [0.4, 0.5) is 4.39 Å². The first-order valence-electron chi connectivity index (χ1n) is 6.49. The van der Waals surface area contributed by atoms with E-state index >= 15 is 0 Å². The Morgan fingerprint density at radius 2 is 2.32 bits per heavy atom. The summed E-state index contributed by atoms with van der Waals surface area (Å²) >= 11 is 0. The van der Waals surface area contributed by atoms with Gasteiger partial charge in [0.2, 0.25) is 5.91 Å². The highest BCUT2D eigenvalue weighted by atomic mass is 19.1. The number of rotatable bonds is 4. The lowest BCUT2D eigenvalue weighted by atomic mass is 10.1. The number of methoxy groups -OCH3 is 1. The van der Waals surface area contributed by atoms with E-state index < -0.39 is 5.54 Å². The number of halogens is 1. The third-order valence-corrected chi connectivity index (χ3v) is 3.85. The summed E-state index contributed by atoms with van der Waals surface area (Å²) in [6, 6.07) is 6.40. The topological polar surface area (TPSA) is 41.6 Å². The zero-order valence-corrected chi connectivity index (χ0v) is 10.9. The maximum atomic E-state index is 13.3. The van der Waals surface area contributed by atoms with Crippen molar-refractivity contribution < 1.29 is 13.9 Å². The summed E-state index contributed by atoms with van der Waals surface area (Å²) in [5, 5.41) is 3.35. The van der Waals surface area contributed by atoms with Crippen LogP contribution in [0.5, 0.6) is 0 Å². The number of nitrogens with one attached hydrogen (secondary N) is 1. The molecule has 1 aliphatic carbocycles. The standard InChI is InChI=1S/C14H17FN2O2/c1-19-8-7-17-12(10-3-2-4-11(15)9-10)16-14(5-6-14)13(17)18/h2-4,9,12,16H,5-8H2,1H3. The summed E-state index contributed by atoms with van der Waals surface area (Å²) in [6.07, 6.45) is 1.48. The molecule has 0 aromatic heterocycles. The van der Waals surface area contributed by atoms with Gasteiger partial charge < -0.3 is 9.64 Å². The minimum absolute atomic E-state index is 0.110. The third-order valence-electron chi connectivity index (χ3n) is 3.85. The Kier molecular flexibility index (Phi) is 3.03. The highest BCUT2D eigenvalue weighted by Crippen LogP contribution is 2.45. The molecular formula is C14H17FN2O2. The number of carbonyl (C=O) groups is 1. The largest absolute Gasteiger partial charge is 0.383 e. The molecule has 4 nitrogen and oxygen atoms in total. The van der Waals surface area contributed by atoms with Gasteiger partial charge in [0.1, 0.15) is 17.5 Å². The number of ether oxygens (including phenoxy) is 1. The Morgan fingerprint density at radius 1 is 1.53 bits per heavy atom. The minimum Gasteiger partial charge on any atom is -0.383 e. The van der Waals surface area contributed by atoms with Gasteiger partial charge in [0.15, 0.2) is 0 Å². The minimum atomic E-state index is -0.398. The first-order chi connectivity index (χ1) is 9.16. The molecule has 1 unspecified atom stereocenters. The molecule has 1 N–H and O–H groups in total. The average molecular weight is 264 g/mol. The molecule has 2 fully saturated rings. The highest BCUT2D eigenvalue weighted by Gasteiger charge is 2.59. The summed E-state index contributed by atoms with van der Waals surface area (Å²) in [4.78, 5) is 14.1. The number of hydrogen-bond acceptors (Lipinski definition) is 3. The fourth-order valence-corrected chi connectivity index (χ4v) is 2.64. The molecule has 0 bridgehead atoms. The molecule has 1 aromatic rings. The zero-order valence-electron chi connectivity index (χ0n) is 10.9. The van der Waals surface area contributed by atoms with E-state index in [-0.39, 0.29) is 17.9 Å². The predicted octanol–water partition coefficient (Wildman–Crippen LogP) is 1.44. The first-order valence-corrected chi connectivity index (χ1v) is 6.49. The molecule has 5 heteroatoms. The molecule has 1 heterocycles. The molecule has 1 aromatic carbocycles. The van der Waals surface area contributed by atoms with Crippen molar-refractivity contribution in [1.29, 1.82) is 0 Å². The molecule has 1 saturated carbocycles. The summed E-state index contributed by atoms with van der Waals surface area (Å²) in [5.41, 5.74) is 0.387. The number of amides is 1. The van der Waals surface area contributed by atoms with Crippen molar-refractivity contribution in [3.05, 3.63) is 35.6 Å². The number of carbonyl (C=O) groups excluding carboxylic acids is 1. The lowest BCUT2D eigenvalue weighted by Crippen LogP contribution is -2.34. The van der Waals surface area contributed by atoms with Crippen LogP contribution in [0.1, 0.15) is 24.6 Å². The van der Waals surface area contributed by atoms with E-state index in [0.29, 0.717) is 13.2 Å². The van der Waals surface area contributed by atoms with Gasteiger partial charge in [0, 0.05) is 13.7 Å². The Hall–Kier alpha value is -1.46. The second kappa shape index (κ2) is 4.58. The summed E-state index contributed by atoms with van der Waals surface area (Å²) in [5.74, 6) is -0.172. The van der Waals surface area contributed by atoms with Crippen LogP contribution in [0.2, 0.25) is 0 Å². The van der Waals surface area contributed by atoms with Gasteiger partial charge >= 0.3 is 0 Å². The lowest BCUT2D eigenvalue weighted by molar-refractivity contribution is -0.131. The van der Waals surface area contributed by atoms with Gasteiger partial charge in [-0.1, -0.05) is 12.1 Å². The molecular weight excluding hydrogens is 247 g/mol. The van der Waals surface area contributed by atoms with E-state index in [1.807, 2.05) is 6.07 Å². The van der Waals surface area contributed by atoms with E-state index in [4.69, 9.17) is 4.74 Å². The maximum Gasteiger partial charge on any atom is 0.244 e. The van der Waals surface area contributed by atoms with Crippen LogP contribution in [0, 0.1) is 5.82 Å². The lowest BCUT2D eigenvalue weighted by Gasteiger charge is -2.24. The molecule has 1 spiro atoms. The van der Waals surface area contributed by atoms with E-state index in [9.17, 15) is 9.18 Å². The number of benzene rings is 1. The van der Waals surface area contributed by atoms with Crippen LogP contribution in [0.25, 0.3) is 0 Å². The molecule has 1 saturated heterocycles. The van der Waals surface area contributed by atoms with Gasteiger partial charge in [-0.05, 0) is 30.5 Å². The Labute approximate surface area is 111 Å². The van der Waals surface area contributed by atoms with Crippen molar-refractivity contribution in [2.45, 2.75) is 24.5 Å². The average Bonchev–Trinajstić information content (AvgIpc) is 3.12. The number of hydrogen-bond donors (Lipinski definition) is 1. The monoisotopic (exact) mass is 264 g/mol. The van der Waals surface area contributed by atoms with E-state index in [1.165, 1.54) is 12.1 Å². The second-order valence-corrected chi connectivity index (χ2v) is 5.18. The summed E-state index contributed by atoms with van der Waals surface area (Å²) in [7, 11) is 1.61. The quantitative estimate of drug-likeness (QED) is 0.894. The fourth-order valence-electron chi connectivity index (χ4n) is 2.64. The molecule has 19 heavy (non-hydrogen) atoms. The molecule has 1 atom stereocenters. The van der Waals surface area contributed by atoms with Gasteiger partial charge in [-0.2, -0.15) is 0 Å². The van der Waals surface area contributed by atoms with Crippen molar-refractivity contribution in [2.75, 3.05) is 20.3 Å². The molecule has 1 aliphatic heterocycles. The molecule has 2 aliphatic rings. The van der Waals surface area contributed by atoms with Crippen LogP contribution >= 0.6 is 0 Å². The van der Waals surface area contributed by atoms with Gasteiger partial charge in [0.05, 0.1) is 6.61 Å². The molecule has 3 rings (SSSR count).